The lowest BCUT2D eigenvalue weighted by molar-refractivity contribution is -0.125. The Hall–Kier alpha value is -3.09. The number of carbonyl (C=O) groups excluding carboxylic acids is 2. The van der Waals surface area contributed by atoms with Crippen molar-refractivity contribution in [2.45, 2.75) is 38.6 Å². The average Bonchev–Trinajstić information content (AvgIpc) is 2.81. The highest BCUT2D eigenvalue weighted by Crippen LogP contribution is 2.31. The number of pyridine rings is 1. The van der Waals surface area contributed by atoms with Crippen molar-refractivity contribution in [3.8, 4) is 5.75 Å². The summed E-state index contributed by atoms with van der Waals surface area (Å²) in [6.07, 6.45) is 5.75. The summed E-state index contributed by atoms with van der Waals surface area (Å²) in [5.74, 6) is 1.48. The molecule has 1 saturated heterocycles. The van der Waals surface area contributed by atoms with Gasteiger partial charge in [-0.25, -0.2) is 4.98 Å². The molecule has 0 radical (unpaired) electrons. The Morgan fingerprint density at radius 2 is 1.83 bits per heavy atom. The summed E-state index contributed by atoms with van der Waals surface area (Å²) in [4.78, 5) is 33.6. The summed E-state index contributed by atoms with van der Waals surface area (Å²) in [5, 5.41) is 2.95. The number of fused-ring (bicyclic) bond motifs is 1. The van der Waals surface area contributed by atoms with Crippen molar-refractivity contribution < 1.29 is 14.3 Å². The lowest BCUT2D eigenvalue weighted by Crippen LogP contribution is -2.38. The van der Waals surface area contributed by atoms with E-state index in [4.69, 9.17) is 4.74 Å². The molecule has 4 rings (SSSR count). The van der Waals surface area contributed by atoms with Crippen LogP contribution >= 0.6 is 0 Å². The van der Waals surface area contributed by atoms with Gasteiger partial charge in [0.15, 0.2) is 0 Å². The highest BCUT2D eigenvalue weighted by Gasteiger charge is 2.23. The van der Waals surface area contributed by atoms with Gasteiger partial charge in [-0.3, -0.25) is 9.59 Å². The number of benzene rings is 1. The Morgan fingerprint density at radius 1 is 1.00 bits per heavy atom. The molecule has 1 aromatic carbocycles. The smallest absolute Gasteiger partial charge is 0.227 e. The number of hydrogen-bond acceptors (Lipinski definition) is 5. The molecular weight excluding hydrogens is 380 g/mol. The van der Waals surface area contributed by atoms with E-state index in [0.717, 1.165) is 30.2 Å². The summed E-state index contributed by atoms with van der Waals surface area (Å²) in [5.41, 5.74) is 1.79. The first-order valence-corrected chi connectivity index (χ1v) is 10.7. The monoisotopic (exact) mass is 408 g/mol. The van der Waals surface area contributed by atoms with Crippen LogP contribution in [0.15, 0.2) is 42.6 Å². The molecule has 0 bridgehead atoms. The molecule has 2 aliphatic heterocycles. The van der Waals surface area contributed by atoms with Gasteiger partial charge in [0.2, 0.25) is 11.8 Å². The maximum Gasteiger partial charge on any atom is 0.227 e. The summed E-state index contributed by atoms with van der Waals surface area (Å²) in [7, 11) is 0. The van der Waals surface area contributed by atoms with Crippen LogP contribution in [0.25, 0.3) is 0 Å². The number of para-hydroxylation sites is 2. The number of piperidine rings is 1. The van der Waals surface area contributed by atoms with Crippen molar-refractivity contribution >= 4 is 23.3 Å². The Balaban J connectivity index is 1.30. The molecule has 0 saturated carbocycles. The van der Waals surface area contributed by atoms with Crippen LogP contribution in [0.1, 0.15) is 37.7 Å². The van der Waals surface area contributed by atoms with Crippen molar-refractivity contribution in [2.75, 3.05) is 36.0 Å². The van der Waals surface area contributed by atoms with Crippen molar-refractivity contribution in [1.29, 1.82) is 0 Å². The third-order valence-corrected chi connectivity index (χ3v) is 5.59. The van der Waals surface area contributed by atoms with Crippen LogP contribution in [0, 0.1) is 0 Å². The second kappa shape index (κ2) is 9.61. The normalized spacial score (nSPS) is 15.9. The van der Waals surface area contributed by atoms with Crippen LogP contribution in [0.4, 0.5) is 11.5 Å². The quantitative estimate of drug-likeness (QED) is 0.796. The Labute approximate surface area is 177 Å². The van der Waals surface area contributed by atoms with E-state index in [1.54, 1.807) is 11.1 Å². The van der Waals surface area contributed by atoms with Gasteiger partial charge in [0.1, 0.15) is 18.2 Å². The third kappa shape index (κ3) is 4.72. The molecule has 0 unspecified atom stereocenters. The molecule has 2 aromatic rings. The van der Waals surface area contributed by atoms with Gasteiger partial charge in [-0.1, -0.05) is 18.2 Å². The third-order valence-electron chi connectivity index (χ3n) is 5.59. The fourth-order valence-electron chi connectivity index (χ4n) is 4.02. The maximum absolute atomic E-state index is 12.7. The highest BCUT2D eigenvalue weighted by molar-refractivity contribution is 5.97. The molecule has 0 atom stereocenters. The summed E-state index contributed by atoms with van der Waals surface area (Å²) < 4.78 is 5.60. The van der Waals surface area contributed by atoms with Gasteiger partial charge in [0, 0.05) is 44.2 Å². The van der Waals surface area contributed by atoms with Gasteiger partial charge in [0.25, 0.3) is 0 Å². The van der Waals surface area contributed by atoms with E-state index in [1.165, 1.54) is 19.3 Å². The number of amides is 2. The zero-order valence-electron chi connectivity index (χ0n) is 17.2. The summed E-state index contributed by atoms with van der Waals surface area (Å²) >= 11 is 0. The van der Waals surface area contributed by atoms with E-state index in [1.807, 2.05) is 36.4 Å². The fourth-order valence-corrected chi connectivity index (χ4v) is 4.02. The summed E-state index contributed by atoms with van der Waals surface area (Å²) in [6.45, 7) is 3.41. The minimum atomic E-state index is -0.127. The van der Waals surface area contributed by atoms with Crippen LogP contribution in [0.3, 0.4) is 0 Å². The van der Waals surface area contributed by atoms with E-state index in [-0.39, 0.29) is 24.7 Å². The van der Waals surface area contributed by atoms with Crippen LogP contribution < -0.4 is 19.9 Å². The van der Waals surface area contributed by atoms with Crippen LogP contribution in [-0.2, 0) is 16.1 Å². The number of aromatic nitrogens is 1. The van der Waals surface area contributed by atoms with Gasteiger partial charge in [-0.05, 0) is 37.5 Å². The highest BCUT2D eigenvalue weighted by atomic mass is 16.5. The maximum atomic E-state index is 12.7. The molecule has 2 amide bonds. The van der Waals surface area contributed by atoms with E-state index in [0.29, 0.717) is 25.4 Å². The lowest BCUT2D eigenvalue weighted by atomic mass is 10.1. The SMILES string of the molecule is O=C(CCC(=O)N1CCOc2ccccc21)NCc1cccnc1N1CCCCC1. The molecule has 2 aliphatic rings. The molecule has 1 N–H and O–H groups in total. The van der Waals surface area contributed by atoms with Crippen molar-refractivity contribution in [3.63, 3.8) is 0 Å². The molecule has 3 heterocycles. The van der Waals surface area contributed by atoms with Gasteiger partial charge in [-0.15, -0.1) is 0 Å². The first-order chi connectivity index (χ1) is 14.7. The molecular formula is C23H28N4O3. The van der Waals surface area contributed by atoms with E-state index < -0.39 is 0 Å². The minimum absolute atomic E-state index is 0.0590. The predicted octanol–water partition coefficient (Wildman–Crippen LogP) is 2.89. The standard InChI is InChI=1S/C23H28N4O3/c28-21(10-11-22(29)27-15-16-30-20-9-3-2-8-19(20)27)25-17-18-7-6-12-24-23(18)26-13-4-1-5-14-26/h2-3,6-9,12H,1,4-5,10-11,13-17H2,(H,25,28). The predicted molar refractivity (Wildman–Crippen MR) is 116 cm³/mol. The van der Waals surface area contributed by atoms with Gasteiger partial charge in [0.05, 0.1) is 12.2 Å². The number of rotatable bonds is 6. The number of carbonyl (C=O) groups is 2. The molecule has 7 nitrogen and oxygen atoms in total. The molecule has 30 heavy (non-hydrogen) atoms. The molecule has 1 aromatic heterocycles. The Bertz CT molecular complexity index is 896. The zero-order valence-corrected chi connectivity index (χ0v) is 17.2. The van der Waals surface area contributed by atoms with Crippen molar-refractivity contribution in [3.05, 3.63) is 48.2 Å². The van der Waals surface area contributed by atoms with Crippen LogP contribution in [-0.4, -0.2) is 43.0 Å². The molecule has 0 aliphatic carbocycles. The Kier molecular flexibility index (Phi) is 6.47. The van der Waals surface area contributed by atoms with Crippen LogP contribution in [0.2, 0.25) is 0 Å². The topological polar surface area (TPSA) is 74.8 Å². The summed E-state index contributed by atoms with van der Waals surface area (Å²) in [6, 6.07) is 11.4. The van der Waals surface area contributed by atoms with Crippen molar-refractivity contribution in [1.82, 2.24) is 10.3 Å². The minimum Gasteiger partial charge on any atom is -0.490 e. The first-order valence-electron chi connectivity index (χ1n) is 10.7. The second-order valence-electron chi connectivity index (χ2n) is 7.67. The zero-order chi connectivity index (χ0) is 20.8. The first kappa shape index (κ1) is 20.2. The Morgan fingerprint density at radius 3 is 2.70 bits per heavy atom. The fraction of sp³-hybridized carbons (Fsp3) is 0.435. The molecule has 158 valence electrons. The number of hydrogen-bond donors (Lipinski definition) is 1. The average molecular weight is 409 g/mol. The van der Waals surface area contributed by atoms with Gasteiger partial charge in [-0.2, -0.15) is 0 Å². The number of ether oxygens (including phenoxy) is 1. The lowest BCUT2D eigenvalue weighted by Gasteiger charge is -2.29. The van der Waals surface area contributed by atoms with Crippen molar-refractivity contribution in [2.24, 2.45) is 0 Å². The van der Waals surface area contributed by atoms with Gasteiger partial charge < -0.3 is 19.9 Å². The number of nitrogens with one attached hydrogen (secondary N) is 1. The van der Waals surface area contributed by atoms with E-state index in [2.05, 4.69) is 15.2 Å². The van der Waals surface area contributed by atoms with Gasteiger partial charge >= 0.3 is 0 Å². The molecule has 0 spiro atoms. The van der Waals surface area contributed by atoms with E-state index in [9.17, 15) is 9.59 Å². The molecule has 7 heteroatoms. The molecule has 1 fully saturated rings. The largest absolute Gasteiger partial charge is 0.490 e. The van der Waals surface area contributed by atoms with E-state index >= 15 is 0 Å². The van der Waals surface area contributed by atoms with Crippen LogP contribution in [0.5, 0.6) is 5.75 Å². The number of nitrogens with zero attached hydrogens (tertiary/aromatic N) is 3. The number of anilines is 2. The second-order valence-corrected chi connectivity index (χ2v) is 7.67.